The summed E-state index contributed by atoms with van der Waals surface area (Å²) in [6, 6.07) is 14.8. The number of rotatable bonds is 3. The van der Waals surface area contributed by atoms with Crippen molar-refractivity contribution < 1.29 is 0 Å². The van der Waals surface area contributed by atoms with Crippen LogP contribution < -0.4 is 5.32 Å². The van der Waals surface area contributed by atoms with Crippen molar-refractivity contribution in [2.24, 2.45) is 0 Å². The number of hydrogen-bond donors (Lipinski definition) is 2. The Kier molecular flexibility index (Phi) is 2.95. The second-order valence-corrected chi connectivity index (χ2v) is 4.85. The van der Waals surface area contributed by atoms with Gasteiger partial charge in [0.2, 0.25) is 0 Å². The fourth-order valence-electron chi connectivity index (χ4n) is 2.33. The summed E-state index contributed by atoms with van der Waals surface area (Å²) in [5.74, 6) is 0.905. The van der Waals surface area contributed by atoms with Crippen molar-refractivity contribution in [3.63, 3.8) is 0 Å². The Hall–Kier alpha value is -2.29. The molecule has 96 valence electrons. The van der Waals surface area contributed by atoms with Crippen molar-refractivity contribution in [3.8, 4) is 0 Å². The predicted octanol–water partition coefficient (Wildman–Crippen LogP) is 4.04. The van der Waals surface area contributed by atoms with E-state index >= 15 is 0 Å². The summed E-state index contributed by atoms with van der Waals surface area (Å²) in [4.78, 5) is 7.80. The fraction of sp³-hybridized carbons (Fsp3) is 0.188. The maximum absolute atomic E-state index is 4.44. The standard InChI is InChI=1S/C16H17N3/c1-11-10-14-8-9-17-16(15(14)18-11)19-12(2)13-6-4-3-5-7-13/h3-10,12,18H,1-2H3,(H,17,19)/t12-/m1/s1. The van der Waals surface area contributed by atoms with Gasteiger partial charge >= 0.3 is 0 Å². The fourth-order valence-corrected chi connectivity index (χ4v) is 2.33. The van der Waals surface area contributed by atoms with E-state index in [1.165, 1.54) is 10.9 Å². The van der Waals surface area contributed by atoms with Gasteiger partial charge in [-0.05, 0) is 31.5 Å². The van der Waals surface area contributed by atoms with E-state index in [4.69, 9.17) is 0 Å². The van der Waals surface area contributed by atoms with E-state index in [-0.39, 0.29) is 6.04 Å². The summed E-state index contributed by atoms with van der Waals surface area (Å²) in [5.41, 5.74) is 3.48. The third kappa shape index (κ3) is 2.32. The number of nitrogens with zero attached hydrogens (tertiary/aromatic N) is 1. The Morgan fingerprint density at radius 3 is 2.74 bits per heavy atom. The topological polar surface area (TPSA) is 40.7 Å². The van der Waals surface area contributed by atoms with Crippen molar-refractivity contribution in [1.82, 2.24) is 9.97 Å². The molecule has 2 aromatic heterocycles. The number of H-pyrrole nitrogens is 1. The monoisotopic (exact) mass is 251 g/mol. The van der Waals surface area contributed by atoms with Crippen molar-refractivity contribution in [1.29, 1.82) is 0 Å². The van der Waals surface area contributed by atoms with Crippen LogP contribution in [0.25, 0.3) is 10.9 Å². The smallest absolute Gasteiger partial charge is 0.150 e. The van der Waals surface area contributed by atoms with Gasteiger partial charge in [0.25, 0.3) is 0 Å². The van der Waals surface area contributed by atoms with E-state index in [1.807, 2.05) is 18.3 Å². The van der Waals surface area contributed by atoms with E-state index in [0.717, 1.165) is 17.0 Å². The molecule has 0 aliphatic rings. The van der Waals surface area contributed by atoms with Gasteiger partial charge in [0.1, 0.15) is 0 Å². The van der Waals surface area contributed by atoms with Gasteiger partial charge in [0.15, 0.2) is 5.82 Å². The minimum absolute atomic E-state index is 0.225. The summed E-state index contributed by atoms with van der Waals surface area (Å²) >= 11 is 0. The molecule has 0 aliphatic carbocycles. The molecule has 0 spiro atoms. The lowest BCUT2D eigenvalue weighted by Crippen LogP contribution is -2.08. The van der Waals surface area contributed by atoms with Crippen LogP contribution in [-0.4, -0.2) is 9.97 Å². The Morgan fingerprint density at radius 1 is 1.16 bits per heavy atom. The van der Waals surface area contributed by atoms with E-state index in [2.05, 4.69) is 59.5 Å². The SMILES string of the molecule is Cc1cc2ccnc(N[C@H](C)c3ccccc3)c2[nH]1. The molecule has 0 saturated carbocycles. The first-order chi connectivity index (χ1) is 9.24. The van der Waals surface area contributed by atoms with Crippen LogP contribution in [0.3, 0.4) is 0 Å². The molecule has 0 bridgehead atoms. The molecule has 3 heteroatoms. The zero-order valence-corrected chi connectivity index (χ0v) is 11.1. The Balaban J connectivity index is 1.93. The van der Waals surface area contributed by atoms with Crippen molar-refractivity contribution >= 4 is 16.7 Å². The quantitative estimate of drug-likeness (QED) is 0.737. The molecule has 0 fully saturated rings. The average Bonchev–Trinajstić information content (AvgIpc) is 2.81. The lowest BCUT2D eigenvalue weighted by atomic mass is 10.1. The van der Waals surface area contributed by atoms with E-state index in [0.29, 0.717) is 0 Å². The van der Waals surface area contributed by atoms with Crippen LogP contribution in [0, 0.1) is 6.92 Å². The number of pyridine rings is 1. The number of benzene rings is 1. The van der Waals surface area contributed by atoms with Crippen LogP contribution in [0.1, 0.15) is 24.2 Å². The van der Waals surface area contributed by atoms with Gasteiger partial charge in [-0.2, -0.15) is 0 Å². The van der Waals surface area contributed by atoms with Crippen LogP contribution in [0.4, 0.5) is 5.82 Å². The van der Waals surface area contributed by atoms with E-state index in [1.54, 1.807) is 0 Å². The second kappa shape index (κ2) is 4.76. The van der Waals surface area contributed by atoms with Crippen molar-refractivity contribution in [2.75, 3.05) is 5.32 Å². The van der Waals surface area contributed by atoms with Gasteiger partial charge in [-0.15, -0.1) is 0 Å². The third-order valence-electron chi connectivity index (χ3n) is 3.33. The van der Waals surface area contributed by atoms with Crippen LogP contribution >= 0.6 is 0 Å². The normalized spacial score (nSPS) is 12.5. The number of anilines is 1. The molecule has 0 saturated heterocycles. The molecule has 2 heterocycles. The first-order valence-corrected chi connectivity index (χ1v) is 6.50. The molecule has 0 radical (unpaired) electrons. The lowest BCUT2D eigenvalue weighted by molar-refractivity contribution is 0.877. The van der Waals surface area contributed by atoms with Crippen molar-refractivity contribution in [2.45, 2.75) is 19.9 Å². The molecule has 0 amide bonds. The highest BCUT2D eigenvalue weighted by Gasteiger charge is 2.09. The molecule has 3 rings (SSSR count). The van der Waals surface area contributed by atoms with Gasteiger partial charge in [-0.25, -0.2) is 4.98 Å². The summed E-state index contributed by atoms with van der Waals surface area (Å²) in [5, 5.41) is 4.66. The highest BCUT2D eigenvalue weighted by atomic mass is 15.0. The van der Waals surface area contributed by atoms with Gasteiger partial charge in [-0.1, -0.05) is 30.3 Å². The molecule has 1 aromatic carbocycles. The van der Waals surface area contributed by atoms with Gasteiger partial charge in [-0.3, -0.25) is 0 Å². The summed E-state index contributed by atoms with van der Waals surface area (Å²) in [6.45, 7) is 4.20. The summed E-state index contributed by atoms with van der Waals surface area (Å²) in [6.07, 6.45) is 1.84. The number of aromatic amines is 1. The predicted molar refractivity (Wildman–Crippen MR) is 79.3 cm³/mol. The molecular weight excluding hydrogens is 234 g/mol. The Bertz CT molecular complexity index is 686. The minimum Gasteiger partial charge on any atom is -0.362 e. The molecule has 1 atom stereocenters. The maximum atomic E-state index is 4.44. The first kappa shape index (κ1) is 11.8. The molecule has 3 nitrogen and oxygen atoms in total. The van der Waals surface area contributed by atoms with Crippen LogP contribution in [0.5, 0.6) is 0 Å². The summed E-state index contributed by atoms with van der Waals surface area (Å²) < 4.78 is 0. The Labute approximate surface area is 112 Å². The molecular formula is C16H17N3. The van der Waals surface area contributed by atoms with Crippen LogP contribution in [0.15, 0.2) is 48.7 Å². The van der Waals surface area contributed by atoms with Crippen molar-refractivity contribution in [3.05, 3.63) is 59.9 Å². The highest BCUT2D eigenvalue weighted by Crippen LogP contribution is 2.24. The number of fused-ring (bicyclic) bond motifs is 1. The van der Waals surface area contributed by atoms with E-state index in [9.17, 15) is 0 Å². The first-order valence-electron chi connectivity index (χ1n) is 6.50. The Morgan fingerprint density at radius 2 is 1.95 bits per heavy atom. The van der Waals surface area contributed by atoms with Crippen LogP contribution in [0.2, 0.25) is 0 Å². The maximum Gasteiger partial charge on any atom is 0.150 e. The molecule has 0 aliphatic heterocycles. The zero-order chi connectivity index (χ0) is 13.2. The minimum atomic E-state index is 0.225. The van der Waals surface area contributed by atoms with Gasteiger partial charge in [0, 0.05) is 17.3 Å². The lowest BCUT2D eigenvalue weighted by Gasteiger charge is -2.15. The number of aryl methyl sites for hydroxylation is 1. The average molecular weight is 251 g/mol. The van der Waals surface area contributed by atoms with E-state index < -0.39 is 0 Å². The number of nitrogens with one attached hydrogen (secondary N) is 2. The largest absolute Gasteiger partial charge is 0.362 e. The second-order valence-electron chi connectivity index (χ2n) is 4.85. The number of hydrogen-bond acceptors (Lipinski definition) is 2. The molecule has 3 aromatic rings. The number of aromatic nitrogens is 2. The molecule has 2 N–H and O–H groups in total. The van der Waals surface area contributed by atoms with Gasteiger partial charge in [0.05, 0.1) is 11.6 Å². The highest BCUT2D eigenvalue weighted by molar-refractivity contribution is 5.89. The van der Waals surface area contributed by atoms with Gasteiger partial charge < -0.3 is 10.3 Å². The summed E-state index contributed by atoms with van der Waals surface area (Å²) in [7, 11) is 0. The third-order valence-corrected chi connectivity index (χ3v) is 3.33. The molecule has 0 unspecified atom stereocenters. The molecule has 19 heavy (non-hydrogen) atoms. The zero-order valence-electron chi connectivity index (χ0n) is 11.1. The van der Waals surface area contributed by atoms with Crippen LogP contribution in [-0.2, 0) is 0 Å².